The molecule has 0 aliphatic carbocycles. The summed E-state index contributed by atoms with van der Waals surface area (Å²) in [5.41, 5.74) is 1.32. The van der Waals surface area contributed by atoms with E-state index in [1.54, 1.807) is 35.2 Å². The van der Waals surface area contributed by atoms with Gasteiger partial charge in [0.25, 0.3) is 0 Å². The number of hydrogen-bond acceptors (Lipinski definition) is 8. The van der Waals surface area contributed by atoms with Gasteiger partial charge in [-0.05, 0) is 17.7 Å². The number of methoxy groups -OCH3 is 1. The highest BCUT2D eigenvalue weighted by Gasteiger charge is 2.31. The lowest BCUT2D eigenvalue weighted by Gasteiger charge is -2.26. The van der Waals surface area contributed by atoms with Crippen molar-refractivity contribution in [2.75, 3.05) is 7.11 Å². The van der Waals surface area contributed by atoms with E-state index in [4.69, 9.17) is 14.2 Å². The third-order valence-electron chi connectivity index (χ3n) is 4.84. The lowest BCUT2D eigenvalue weighted by atomic mass is 9.95. The molecule has 2 N–H and O–H groups in total. The molecular formula is C22H21N3O6. The first-order valence-electron chi connectivity index (χ1n) is 9.55. The molecule has 1 aliphatic heterocycles. The van der Waals surface area contributed by atoms with E-state index in [-0.39, 0.29) is 41.6 Å². The monoisotopic (exact) mass is 423 g/mol. The summed E-state index contributed by atoms with van der Waals surface area (Å²) in [5.74, 6) is 0.320. The molecule has 0 fully saturated rings. The Morgan fingerprint density at radius 2 is 2.13 bits per heavy atom. The van der Waals surface area contributed by atoms with Gasteiger partial charge in [0.05, 0.1) is 26.3 Å². The van der Waals surface area contributed by atoms with Crippen molar-refractivity contribution in [1.82, 2.24) is 15.0 Å². The molecule has 1 aliphatic rings. The molecule has 31 heavy (non-hydrogen) atoms. The maximum absolute atomic E-state index is 12.7. The molecule has 4 rings (SSSR count). The van der Waals surface area contributed by atoms with Crippen molar-refractivity contribution in [2.24, 2.45) is 0 Å². The summed E-state index contributed by atoms with van der Waals surface area (Å²) in [5, 5.41) is 28.4. The quantitative estimate of drug-likeness (QED) is 0.557. The first-order valence-corrected chi connectivity index (χ1v) is 9.55. The summed E-state index contributed by atoms with van der Waals surface area (Å²) in [6.45, 7) is 4.30. The Morgan fingerprint density at radius 1 is 1.29 bits per heavy atom. The van der Waals surface area contributed by atoms with Gasteiger partial charge < -0.3 is 24.4 Å². The Labute approximate surface area is 178 Å². The van der Waals surface area contributed by atoms with Crippen LogP contribution in [0.3, 0.4) is 0 Å². The molecule has 0 saturated heterocycles. The molecule has 9 heteroatoms. The van der Waals surface area contributed by atoms with Crippen molar-refractivity contribution in [1.29, 1.82) is 0 Å². The minimum atomic E-state index is -0.620. The third-order valence-corrected chi connectivity index (χ3v) is 4.84. The number of phenols is 2. The smallest absolute Gasteiger partial charge is 0.174 e. The molecule has 0 spiro atoms. The van der Waals surface area contributed by atoms with Crippen LogP contribution < -0.4 is 14.2 Å². The number of nitrogens with zero attached hydrogens (tertiary/aromatic N) is 3. The lowest BCUT2D eigenvalue weighted by Crippen LogP contribution is -2.20. The number of carbonyl (C=O) groups is 1. The maximum Gasteiger partial charge on any atom is 0.174 e. The number of phenolic OH excluding ortho intramolecular Hbond substituents is 2. The molecule has 0 amide bonds. The zero-order chi connectivity index (χ0) is 22.0. The van der Waals surface area contributed by atoms with E-state index in [9.17, 15) is 15.0 Å². The van der Waals surface area contributed by atoms with E-state index >= 15 is 0 Å². The Kier molecular flexibility index (Phi) is 5.48. The van der Waals surface area contributed by atoms with E-state index < -0.39 is 6.10 Å². The van der Waals surface area contributed by atoms with Crippen LogP contribution in [0, 0.1) is 0 Å². The molecular weight excluding hydrogens is 402 g/mol. The predicted molar refractivity (Wildman–Crippen MR) is 110 cm³/mol. The Bertz CT molecular complexity index is 1140. The molecule has 2 aromatic carbocycles. The number of Topliss-reactive ketones (excluding diaryl/α,β-unsaturated/α-hetero) is 1. The Hall–Kier alpha value is -4.01. The van der Waals surface area contributed by atoms with E-state index in [2.05, 4.69) is 16.9 Å². The van der Waals surface area contributed by atoms with Crippen molar-refractivity contribution in [3.63, 3.8) is 0 Å². The van der Waals surface area contributed by atoms with Crippen LogP contribution >= 0.6 is 0 Å². The van der Waals surface area contributed by atoms with Gasteiger partial charge in [-0.1, -0.05) is 17.4 Å². The molecule has 0 radical (unpaired) electrons. The van der Waals surface area contributed by atoms with Crippen LogP contribution in [0.2, 0.25) is 0 Å². The molecule has 0 saturated carbocycles. The highest BCUT2D eigenvalue weighted by atomic mass is 16.5. The molecule has 0 unspecified atom stereocenters. The average molecular weight is 423 g/mol. The fourth-order valence-corrected chi connectivity index (χ4v) is 3.37. The molecule has 3 aromatic rings. The van der Waals surface area contributed by atoms with Crippen molar-refractivity contribution in [3.05, 3.63) is 66.0 Å². The number of rotatable bonds is 7. The average Bonchev–Trinajstić information content (AvgIpc) is 3.19. The number of fused-ring (bicyclic) bond motifs is 1. The molecule has 160 valence electrons. The van der Waals surface area contributed by atoms with E-state index in [0.29, 0.717) is 29.3 Å². The second-order valence-corrected chi connectivity index (χ2v) is 6.99. The molecule has 9 nitrogen and oxygen atoms in total. The molecule has 1 aromatic heterocycles. The number of hydrogen-bond donors (Lipinski definition) is 2. The van der Waals surface area contributed by atoms with Crippen LogP contribution in [0.15, 0.2) is 49.2 Å². The number of aromatic nitrogens is 3. The van der Waals surface area contributed by atoms with Crippen LogP contribution in [0.4, 0.5) is 0 Å². The van der Waals surface area contributed by atoms with Gasteiger partial charge in [-0.15, -0.1) is 11.7 Å². The summed E-state index contributed by atoms with van der Waals surface area (Å²) in [6.07, 6.45) is 2.84. The second-order valence-electron chi connectivity index (χ2n) is 6.99. The highest BCUT2D eigenvalue weighted by molar-refractivity contribution is 6.02. The van der Waals surface area contributed by atoms with Crippen molar-refractivity contribution < 1.29 is 29.2 Å². The number of benzene rings is 2. The summed E-state index contributed by atoms with van der Waals surface area (Å²) >= 11 is 0. The van der Waals surface area contributed by atoms with Crippen molar-refractivity contribution in [2.45, 2.75) is 25.7 Å². The van der Waals surface area contributed by atoms with Crippen LogP contribution in [-0.4, -0.2) is 38.1 Å². The van der Waals surface area contributed by atoms with Crippen LogP contribution in [-0.2, 0) is 13.2 Å². The minimum absolute atomic E-state index is 0.0267. The van der Waals surface area contributed by atoms with E-state index in [0.717, 1.165) is 0 Å². The van der Waals surface area contributed by atoms with Crippen LogP contribution in [0.1, 0.15) is 34.1 Å². The SMILES string of the molecule is C=CCn1cc(COc2cc(O)c3c(c2)O[C@H](c2ccc(OC)c(O)c2)CC3=O)nn1. The summed E-state index contributed by atoms with van der Waals surface area (Å²) in [7, 11) is 1.45. The first kappa shape index (κ1) is 20.3. The van der Waals surface area contributed by atoms with Crippen molar-refractivity contribution in [3.8, 4) is 28.7 Å². The van der Waals surface area contributed by atoms with Crippen LogP contribution in [0.25, 0.3) is 0 Å². The maximum atomic E-state index is 12.7. The second kappa shape index (κ2) is 8.39. The van der Waals surface area contributed by atoms with Crippen molar-refractivity contribution >= 4 is 5.78 Å². The number of allylic oxidation sites excluding steroid dienone is 1. The summed E-state index contributed by atoms with van der Waals surface area (Å²) in [4.78, 5) is 12.7. The topological polar surface area (TPSA) is 116 Å². The lowest BCUT2D eigenvalue weighted by molar-refractivity contribution is 0.0844. The van der Waals surface area contributed by atoms with Gasteiger partial charge in [0.15, 0.2) is 17.3 Å². The first-order chi connectivity index (χ1) is 15.0. The third kappa shape index (κ3) is 4.16. The predicted octanol–water partition coefficient (Wildman–Crippen LogP) is 3.17. The highest BCUT2D eigenvalue weighted by Crippen LogP contribution is 2.43. The fraction of sp³-hybridized carbons (Fsp3) is 0.227. The molecule has 0 bridgehead atoms. The van der Waals surface area contributed by atoms with Gasteiger partial charge in [0.1, 0.15) is 41.2 Å². The number of carbonyl (C=O) groups excluding carboxylic acids is 1. The summed E-state index contributed by atoms with van der Waals surface area (Å²) < 4.78 is 18.3. The zero-order valence-corrected chi connectivity index (χ0v) is 16.8. The van der Waals surface area contributed by atoms with Gasteiger partial charge >= 0.3 is 0 Å². The largest absolute Gasteiger partial charge is 0.507 e. The van der Waals surface area contributed by atoms with Gasteiger partial charge in [0.2, 0.25) is 0 Å². The molecule has 2 heterocycles. The van der Waals surface area contributed by atoms with Gasteiger partial charge in [-0.2, -0.15) is 0 Å². The van der Waals surface area contributed by atoms with E-state index in [1.807, 2.05) is 0 Å². The number of ether oxygens (including phenoxy) is 3. The minimum Gasteiger partial charge on any atom is -0.507 e. The standard InChI is InChI=1S/C22H21N3O6/c1-3-6-25-11-14(23-24-25)12-30-15-8-17(27)22-18(28)10-20(31-21(22)9-15)13-4-5-19(29-2)16(26)7-13/h3-5,7-9,11,20,26-27H,1,6,10,12H2,2H3/t20-/m0/s1. The van der Waals surface area contributed by atoms with Gasteiger partial charge in [0, 0.05) is 12.1 Å². The normalized spacial score (nSPS) is 15.1. The zero-order valence-electron chi connectivity index (χ0n) is 16.8. The fourth-order valence-electron chi connectivity index (χ4n) is 3.37. The summed E-state index contributed by atoms with van der Waals surface area (Å²) in [6, 6.07) is 7.73. The Balaban J connectivity index is 1.55. The van der Waals surface area contributed by atoms with Gasteiger partial charge in [-0.25, -0.2) is 4.68 Å². The van der Waals surface area contributed by atoms with Crippen LogP contribution in [0.5, 0.6) is 28.7 Å². The Morgan fingerprint density at radius 3 is 2.87 bits per heavy atom. The number of aromatic hydroxyl groups is 2. The van der Waals surface area contributed by atoms with E-state index in [1.165, 1.54) is 19.2 Å². The molecule has 1 atom stereocenters. The number of ketones is 1. The van der Waals surface area contributed by atoms with Gasteiger partial charge in [-0.3, -0.25) is 4.79 Å².